The molecule has 1 nitrogen and oxygen atoms in total. The van der Waals surface area contributed by atoms with Crippen LogP contribution in [0.3, 0.4) is 0 Å². The van der Waals surface area contributed by atoms with Gasteiger partial charge in [-0.05, 0) is 35.9 Å². The van der Waals surface area contributed by atoms with Crippen LogP contribution in [0.5, 0.6) is 0 Å². The topological polar surface area (TPSA) is 12.0 Å². The molecule has 1 unspecified atom stereocenters. The van der Waals surface area contributed by atoms with Crippen LogP contribution in [-0.4, -0.2) is 7.05 Å². The molecule has 1 rings (SSSR count). The summed E-state index contributed by atoms with van der Waals surface area (Å²) in [4.78, 5) is 0. The van der Waals surface area contributed by atoms with Gasteiger partial charge in [-0.1, -0.05) is 72.7 Å². The molecule has 110 valence electrons. The van der Waals surface area contributed by atoms with Gasteiger partial charge in [0.2, 0.25) is 0 Å². The minimum absolute atomic E-state index is 0.352. The molecule has 1 aromatic rings. The van der Waals surface area contributed by atoms with Crippen LogP contribution in [0, 0.1) is 5.41 Å². The Bertz CT molecular complexity index is 330. The number of nitrogens with one attached hydrogen (secondary N) is 1. The lowest BCUT2D eigenvalue weighted by atomic mass is 9.85. The molecule has 0 bridgehead atoms. The zero-order valence-corrected chi connectivity index (χ0v) is 14.2. The smallest absolute Gasteiger partial charge is 0.0322 e. The summed E-state index contributed by atoms with van der Waals surface area (Å²) in [6.07, 6.45) is 1.16. The third-order valence-corrected chi connectivity index (χ3v) is 3.17. The van der Waals surface area contributed by atoms with Gasteiger partial charge in [0.25, 0.3) is 0 Å². The predicted molar refractivity (Wildman–Crippen MR) is 87.8 cm³/mol. The monoisotopic (exact) mass is 263 g/mol. The first-order chi connectivity index (χ1) is 8.83. The van der Waals surface area contributed by atoms with E-state index in [-0.39, 0.29) is 0 Å². The molecule has 0 heterocycles. The van der Waals surface area contributed by atoms with E-state index in [9.17, 15) is 0 Å². The van der Waals surface area contributed by atoms with Gasteiger partial charge in [0.1, 0.15) is 0 Å². The predicted octanol–water partition coefficient (Wildman–Crippen LogP) is 5.53. The highest BCUT2D eigenvalue weighted by atomic mass is 14.9. The minimum atomic E-state index is 0.352. The number of hydrogen-bond donors (Lipinski definition) is 1. The average Bonchev–Trinajstić information content (AvgIpc) is 2.37. The molecular weight excluding hydrogens is 230 g/mol. The van der Waals surface area contributed by atoms with Crippen molar-refractivity contribution >= 4 is 0 Å². The van der Waals surface area contributed by atoms with E-state index in [1.165, 1.54) is 11.1 Å². The SMILES string of the molecule is CC.CNC(CC(C)(C)C)c1ccc(C(C)C)cc1. The van der Waals surface area contributed by atoms with Crippen molar-refractivity contribution in [3.63, 3.8) is 0 Å². The van der Waals surface area contributed by atoms with E-state index in [2.05, 4.69) is 64.2 Å². The maximum atomic E-state index is 3.42. The summed E-state index contributed by atoms with van der Waals surface area (Å²) in [5.41, 5.74) is 3.16. The summed E-state index contributed by atoms with van der Waals surface area (Å²) < 4.78 is 0. The van der Waals surface area contributed by atoms with E-state index >= 15 is 0 Å². The van der Waals surface area contributed by atoms with Crippen molar-refractivity contribution in [2.45, 2.75) is 66.8 Å². The summed E-state index contributed by atoms with van der Waals surface area (Å²) in [5, 5.41) is 3.42. The summed E-state index contributed by atoms with van der Waals surface area (Å²) in [5.74, 6) is 0.611. The van der Waals surface area contributed by atoms with E-state index in [0.717, 1.165) is 6.42 Å². The molecule has 19 heavy (non-hydrogen) atoms. The van der Waals surface area contributed by atoms with Gasteiger partial charge in [0.15, 0.2) is 0 Å². The van der Waals surface area contributed by atoms with E-state index in [1.807, 2.05) is 20.9 Å². The highest BCUT2D eigenvalue weighted by Gasteiger charge is 2.18. The first kappa shape index (κ1) is 18.2. The molecule has 1 N–H and O–H groups in total. The van der Waals surface area contributed by atoms with E-state index in [4.69, 9.17) is 0 Å². The molecule has 0 aliphatic rings. The van der Waals surface area contributed by atoms with Crippen molar-refractivity contribution in [1.82, 2.24) is 5.32 Å². The van der Waals surface area contributed by atoms with Crippen LogP contribution in [-0.2, 0) is 0 Å². The highest BCUT2D eigenvalue weighted by Crippen LogP contribution is 2.29. The fraction of sp³-hybridized carbons (Fsp3) is 0.667. The van der Waals surface area contributed by atoms with Gasteiger partial charge < -0.3 is 5.32 Å². The quantitative estimate of drug-likeness (QED) is 0.752. The molecule has 0 radical (unpaired) electrons. The Kier molecular flexibility index (Phi) is 8.01. The Morgan fingerprint density at radius 1 is 0.947 bits per heavy atom. The summed E-state index contributed by atoms with van der Waals surface area (Å²) in [6, 6.07) is 9.50. The van der Waals surface area contributed by atoms with Gasteiger partial charge in [-0.2, -0.15) is 0 Å². The Hall–Kier alpha value is -0.820. The van der Waals surface area contributed by atoms with Gasteiger partial charge in [-0.3, -0.25) is 0 Å². The standard InChI is InChI=1S/C16H27N.C2H6/c1-12(2)13-7-9-14(10-8-13)15(17-6)11-16(3,4)5;1-2/h7-10,12,15,17H,11H2,1-6H3;1-2H3. The van der Waals surface area contributed by atoms with Crippen molar-refractivity contribution in [1.29, 1.82) is 0 Å². The molecule has 0 aliphatic heterocycles. The first-order valence-corrected chi connectivity index (χ1v) is 7.60. The van der Waals surface area contributed by atoms with E-state index < -0.39 is 0 Å². The molecular formula is C18H33N. The van der Waals surface area contributed by atoms with Crippen LogP contribution < -0.4 is 5.32 Å². The van der Waals surface area contributed by atoms with Gasteiger partial charge >= 0.3 is 0 Å². The first-order valence-electron chi connectivity index (χ1n) is 7.60. The summed E-state index contributed by atoms with van der Waals surface area (Å²) in [7, 11) is 2.05. The van der Waals surface area contributed by atoms with Crippen molar-refractivity contribution in [3.8, 4) is 0 Å². The highest BCUT2D eigenvalue weighted by molar-refractivity contribution is 5.27. The minimum Gasteiger partial charge on any atom is -0.313 e. The molecule has 0 fully saturated rings. The molecule has 0 saturated heterocycles. The second kappa shape index (κ2) is 8.37. The average molecular weight is 263 g/mol. The fourth-order valence-electron chi connectivity index (χ4n) is 2.11. The summed E-state index contributed by atoms with van der Waals surface area (Å²) in [6.45, 7) is 15.3. The van der Waals surface area contributed by atoms with Crippen LogP contribution in [0.15, 0.2) is 24.3 Å². The lowest BCUT2D eigenvalue weighted by molar-refractivity contribution is 0.321. The molecule has 1 heteroatoms. The van der Waals surface area contributed by atoms with E-state index in [1.54, 1.807) is 0 Å². The van der Waals surface area contributed by atoms with Crippen molar-refractivity contribution in [2.75, 3.05) is 7.05 Å². The van der Waals surface area contributed by atoms with Gasteiger partial charge in [0, 0.05) is 6.04 Å². The molecule has 1 atom stereocenters. The van der Waals surface area contributed by atoms with Crippen LogP contribution in [0.4, 0.5) is 0 Å². The maximum absolute atomic E-state index is 3.42. The molecule has 0 amide bonds. The third-order valence-electron chi connectivity index (χ3n) is 3.17. The maximum Gasteiger partial charge on any atom is 0.0322 e. The van der Waals surface area contributed by atoms with Gasteiger partial charge in [0.05, 0.1) is 0 Å². The zero-order valence-electron chi connectivity index (χ0n) is 14.2. The van der Waals surface area contributed by atoms with Crippen molar-refractivity contribution < 1.29 is 0 Å². The van der Waals surface area contributed by atoms with Crippen molar-refractivity contribution in [2.24, 2.45) is 5.41 Å². The normalized spacial score (nSPS) is 12.9. The van der Waals surface area contributed by atoms with Crippen LogP contribution in [0.1, 0.15) is 78.0 Å². The Morgan fingerprint density at radius 2 is 1.37 bits per heavy atom. The van der Waals surface area contributed by atoms with Crippen LogP contribution in [0.2, 0.25) is 0 Å². The second-order valence-corrected chi connectivity index (χ2v) is 6.43. The zero-order chi connectivity index (χ0) is 15.1. The third kappa shape index (κ3) is 6.77. The molecule has 0 spiro atoms. The van der Waals surface area contributed by atoms with Gasteiger partial charge in [-0.25, -0.2) is 0 Å². The molecule has 0 saturated carbocycles. The van der Waals surface area contributed by atoms with Crippen LogP contribution in [0.25, 0.3) is 0 Å². The largest absolute Gasteiger partial charge is 0.313 e. The molecule has 1 aromatic carbocycles. The molecule has 0 aromatic heterocycles. The lowest BCUT2D eigenvalue weighted by Crippen LogP contribution is -2.22. The van der Waals surface area contributed by atoms with Gasteiger partial charge in [-0.15, -0.1) is 0 Å². The van der Waals surface area contributed by atoms with Crippen LogP contribution >= 0.6 is 0 Å². The Balaban J connectivity index is 0.00000154. The number of benzene rings is 1. The Labute approximate surface area is 120 Å². The number of rotatable bonds is 4. The fourth-order valence-corrected chi connectivity index (χ4v) is 2.11. The second-order valence-electron chi connectivity index (χ2n) is 6.43. The summed E-state index contributed by atoms with van der Waals surface area (Å²) >= 11 is 0. The molecule has 0 aliphatic carbocycles. The lowest BCUT2D eigenvalue weighted by Gasteiger charge is -2.26. The Morgan fingerprint density at radius 3 is 1.68 bits per heavy atom. The number of hydrogen-bond acceptors (Lipinski definition) is 1. The van der Waals surface area contributed by atoms with E-state index in [0.29, 0.717) is 17.4 Å². The van der Waals surface area contributed by atoms with Crippen molar-refractivity contribution in [3.05, 3.63) is 35.4 Å².